The summed E-state index contributed by atoms with van der Waals surface area (Å²) in [6.45, 7) is 1.11. The summed E-state index contributed by atoms with van der Waals surface area (Å²) in [5.74, 6) is -1.81. The zero-order chi connectivity index (χ0) is 13.1. The topological polar surface area (TPSA) is 52.3 Å². The van der Waals surface area contributed by atoms with Crippen LogP contribution in [0.4, 0.5) is 26.3 Å². The van der Waals surface area contributed by atoms with E-state index in [1.807, 2.05) is 0 Å². The lowest BCUT2D eigenvalue weighted by molar-refractivity contribution is -0.312. The average Bonchev–Trinajstić information content (AvgIpc) is 1.94. The van der Waals surface area contributed by atoms with Crippen LogP contribution in [0.15, 0.2) is 11.8 Å². The highest BCUT2D eigenvalue weighted by Crippen LogP contribution is 2.35. The van der Waals surface area contributed by atoms with Crippen molar-refractivity contribution in [1.29, 1.82) is 0 Å². The minimum absolute atomic E-state index is 0.270. The summed E-state index contributed by atoms with van der Waals surface area (Å²) >= 11 is 0. The number of alkyl halides is 6. The van der Waals surface area contributed by atoms with Crippen LogP contribution < -0.4 is 5.73 Å². The molecule has 3 nitrogen and oxygen atoms in total. The van der Waals surface area contributed by atoms with Gasteiger partial charge in [-0.1, -0.05) is 0 Å². The number of esters is 1. The van der Waals surface area contributed by atoms with Crippen molar-refractivity contribution in [2.45, 2.75) is 25.4 Å². The van der Waals surface area contributed by atoms with Crippen LogP contribution >= 0.6 is 0 Å². The van der Waals surface area contributed by atoms with E-state index in [0.717, 1.165) is 6.92 Å². The number of carbonyl (C=O) groups is 1. The molecule has 0 unspecified atom stereocenters. The van der Waals surface area contributed by atoms with Gasteiger partial charge in [0.25, 0.3) is 6.10 Å². The summed E-state index contributed by atoms with van der Waals surface area (Å²) in [7, 11) is 0. The molecule has 0 amide bonds. The zero-order valence-electron chi connectivity index (χ0n) is 7.82. The molecule has 0 aliphatic carbocycles. The summed E-state index contributed by atoms with van der Waals surface area (Å²) in [5, 5.41) is 0. The molecule has 0 saturated heterocycles. The molecular formula is C7H7F6NO2. The van der Waals surface area contributed by atoms with Crippen LogP contribution in [-0.4, -0.2) is 24.4 Å². The molecule has 0 aromatic rings. The molecule has 0 saturated carbocycles. The monoisotopic (exact) mass is 251 g/mol. The normalized spacial score (nSPS) is 14.1. The average molecular weight is 251 g/mol. The van der Waals surface area contributed by atoms with E-state index in [1.165, 1.54) is 0 Å². The third kappa shape index (κ3) is 4.89. The van der Waals surface area contributed by atoms with Gasteiger partial charge in [-0.25, -0.2) is 4.79 Å². The molecule has 2 N–H and O–H groups in total. The quantitative estimate of drug-likeness (QED) is 0.463. The van der Waals surface area contributed by atoms with Gasteiger partial charge < -0.3 is 10.5 Å². The smallest absolute Gasteiger partial charge is 0.434 e. The van der Waals surface area contributed by atoms with E-state index >= 15 is 0 Å². The number of ether oxygens (including phenoxy) is 1. The van der Waals surface area contributed by atoms with Gasteiger partial charge in [-0.15, -0.1) is 0 Å². The molecule has 0 fully saturated rings. The molecule has 0 aromatic carbocycles. The van der Waals surface area contributed by atoms with Gasteiger partial charge in [-0.3, -0.25) is 0 Å². The third-order valence-electron chi connectivity index (χ3n) is 1.17. The molecule has 0 rings (SSSR count). The number of carbonyl (C=O) groups excluding carboxylic acids is 1. The standard InChI is InChI=1S/C7H7F6NO2/c1-3(14)2-4(15)16-5(6(8,9)10)7(11,12)13/h2,5H,14H2,1H3/b3-2-. The third-order valence-corrected chi connectivity index (χ3v) is 1.17. The largest absolute Gasteiger partial charge is 0.440 e. The van der Waals surface area contributed by atoms with Crippen molar-refractivity contribution < 1.29 is 35.9 Å². The predicted octanol–water partition coefficient (Wildman–Crippen LogP) is 1.89. The number of rotatable bonds is 2. The van der Waals surface area contributed by atoms with E-state index < -0.39 is 24.4 Å². The van der Waals surface area contributed by atoms with Crippen LogP contribution in [0.25, 0.3) is 0 Å². The molecule has 0 radical (unpaired) electrons. The number of hydrogen-bond acceptors (Lipinski definition) is 3. The van der Waals surface area contributed by atoms with Crippen molar-refractivity contribution in [3.63, 3.8) is 0 Å². The summed E-state index contributed by atoms with van der Waals surface area (Å²) < 4.78 is 74.4. The van der Waals surface area contributed by atoms with Gasteiger partial charge in [0.05, 0.1) is 0 Å². The van der Waals surface area contributed by atoms with Gasteiger partial charge in [-0.2, -0.15) is 26.3 Å². The maximum atomic E-state index is 11.9. The van der Waals surface area contributed by atoms with E-state index in [0.29, 0.717) is 6.08 Å². The Morgan fingerprint density at radius 3 is 1.81 bits per heavy atom. The van der Waals surface area contributed by atoms with Crippen molar-refractivity contribution in [3.8, 4) is 0 Å². The number of halogens is 6. The molecule has 0 aliphatic heterocycles. The summed E-state index contributed by atoms with van der Waals surface area (Å²) in [6.07, 6.45) is -15.3. The van der Waals surface area contributed by atoms with Gasteiger partial charge in [0.15, 0.2) is 0 Å². The van der Waals surface area contributed by atoms with E-state index in [4.69, 9.17) is 5.73 Å². The van der Waals surface area contributed by atoms with Crippen LogP contribution in [0.5, 0.6) is 0 Å². The second-order valence-electron chi connectivity index (χ2n) is 2.79. The summed E-state index contributed by atoms with van der Waals surface area (Å²) in [4.78, 5) is 10.6. The highest BCUT2D eigenvalue weighted by molar-refractivity contribution is 5.82. The lowest BCUT2D eigenvalue weighted by Crippen LogP contribution is -2.45. The Balaban J connectivity index is 4.85. The van der Waals surface area contributed by atoms with Gasteiger partial charge in [0.1, 0.15) is 0 Å². The van der Waals surface area contributed by atoms with Crippen molar-refractivity contribution in [2.75, 3.05) is 0 Å². The Bertz CT molecular complexity index is 274. The molecule has 0 bridgehead atoms. The van der Waals surface area contributed by atoms with Crippen molar-refractivity contribution in [3.05, 3.63) is 11.8 Å². The fraction of sp³-hybridized carbons (Fsp3) is 0.571. The first-order chi connectivity index (χ1) is 6.94. The minimum atomic E-state index is -5.72. The maximum absolute atomic E-state index is 11.9. The van der Waals surface area contributed by atoms with Gasteiger partial charge in [0.2, 0.25) is 0 Å². The maximum Gasteiger partial charge on any atom is 0.434 e. The van der Waals surface area contributed by atoms with Gasteiger partial charge >= 0.3 is 18.3 Å². The molecule has 0 aromatic heterocycles. The fourth-order valence-corrected chi connectivity index (χ4v) is 0.655. The Kier molecular flexibility index (Phi) is 4.21. The molecule has 16 heavy (non-hydrogen) atoms. The lowest BCUT2D eigenvalue weighted by Gasteiger charge is -2.22. The second kappa shape index (κ2) is 4.62. The Morgan fingerprint density at radius 2 is 1.56 bits per heavy atom. The van der Waals surface area contributed by atoms with Crippen molar-refractivity contribution >= 4 is 5.97 Å². The fourth-order valence-electron chi connectivity index (χ4n) is 0.655. The molecule has 0 atom stereocenters. The van der Waals surface area contributed by atoms with Crippen LogP contribution in [0.1, 0.15) is 6.92 Å². The van der Waals surface area contributed by atoms with Crippen LogP contribution in [0.3, 0.4) is 0 Å². The molecule has 94 valence electrons. The van der Waals surface area contributed by atoms with Gasteiger partial charge in [-0.05, 0) is 6.92 Å². The van der Waals surface area contributed by atoms with Crippen LogP contribution in [-0.2, 0) is 9.53 Å². The molecule has 0 heterocycles. The minimum Gasteiger partial charge on any atom is -0.440 e. The number of hydrogen-bond donors (Lipinski definition) is 1. The first-order valence-electron chi connectivity index (χ1n) is 3.72. The Labute approximate surface area is 85.8 Å². The summed E-state index contributed by atoms with van der Waals surface area (Å²) in [6, 6.07) is 0. The number of allylic oxidation sites excluding steroid dienone is 1. The highest BCUT2D eigenvalue weighted by atomic mass is 19.4. The predicted molar refractivity (Wildman–Crippen MR) is 39.9 cm³/mol. The second-order valence-corrected chi connectivity index (χ2v) is 2.79. The van der Waals surface area contributed by atoms with Crippen molar-refractivity contribution in [2.24, 2.45) is 5.73 Å². The Hall–Kier alpha value is -1.41. The van der Waals surface area contributed by atoms with E-state index in [2.05, 4.69) is 4.74 Å². The highest BCUT2D eigenvalue weighted by Gasteiger charge is 2.59. The first kappa shape index (κ1) is 14.6. The van der Waals surface area contributed by atoms with Crippen LogP contribution in [0, 0.1) is 0 Å². The summed E-state index contributed by atoms with van der Waals surface area (Å²) in [5.41, 5.74) is 4.61. The molecular weight excluding hydrogens is 244 g/mol. The SMILES string of the molecule is C/C(N)=C/C(=O)OC(C(F)(F)F)C(F)(F)F. The van der Waals surface area contributed by atoms with Crippen LogP contribution in [0.2, 0.25) is 0 Å². The Morgan fingerprint density at radius 1 is 1.19 bits per heavy atom. The molecule has 0 spiro atoms. The van der Waals surface area contributed by atoms with Crippen molar-refractivity contribution in [1.82, 2.24) is 0 Å². The van der Waals surface area contributed by atoms with Gasteiger partial charge in [0, 0.05) is 11.8 Å². The molecule has 0 aliphatic rings. The first-order valence-corrected chi connectivity index (χ1v) is 3.72. The number of nitrogens with two attached hydrogens (primary N) is 1. The van der Waals surface area contributed by atoms with E-state index in [-0.39, 0.29) is 5.70 Å². The zero-order valence-corrected chi connectivity index (χ0v) is 7.82. The van der Waals surface area contributed by atoms with E-state index in [1.54, 1.807) is 0 Å². The molecule has 9 heteroatoms. The van der Waals surface area contributed by atoms with E-state index in [9.17, 15) is 31.1 Å². The lowest BCUT2D eigenvalue weighted by atomic mass is 10.3.